The molecule has 2 aromatic carbocycles. The molecule has 190 valence electrons. The molecule has 7 heteroatoms. The molecule has 3 aromatic rings. The Balaban J connectivity index is 1.53. The molecular weight excluding hydrogens is 454 g/mol. The maximum atomic E-state index is 14.0. The first kappa shape index (κ1) is 24.2. The van der Waals surface area contributed by atoms with E-state index >= 15 is 0 Å². The molecule has 1 atom stereocenters. The van der Waals surface area contributed by atoms with Crippen molar-refractivity contribution in [3.05, 3.63) is 59.8 Å². The van der Waals surface area contributed by atoms with Gasteiger partial charge in [0.25, 0.3) is 5.91 Å². The lowest BCUT2D eigenvalue weighted by molar-refractivity contribution is -0.134. The minimum Gasteiger partial charge on any atom is -0.497 e. The third-order valence-corrected chi connectivity index (χ3v) is 7.64. The average Bonchev–Trinajstić information content (AvgIpc) is 3.25. The molecule has 5 rings (SSSR count). The van der Waals surface area contributed by atoms with Crippen molar-refractivity contribution in [1.29, 1.82) is 0 Å². The van der Waals surface area contributed by atoms with Crippen molar-refractivity contribution < 1.29 is 19.1 Å². The Morgan fingerprint density at radius 3 is 2.47 bits per heavy atom. The van der Waals surface area contributed by atoms with Crippen molar-refractivity contribution >= 4 is 22.7 Å². The number of carbonyl (C=O) groups excluding carboxylic acids is 2. The third kappa shape index (κ3) is 4.43. The van der Waals surface area contributed by atoms with Crippen LogP contribution in [-0.2, 0) is 17.9 Å². The standard InChI is InChI=1S/C29H35N3O4/c1-4-36-23-13-10-20(11-14-23)18-32-27(33)26-16-21-12-15-24(35-3)17-25(21)31(26)19-29(32,2)28(34)30-22-8-6-5-7-9-22/h10-17,22H,4-9,18-19H2,1-3H3,(H,30,34)/t29-/m0/s1. The Labute approximate surface area is 212 Å². The van der Waals surface area contributed by atoms with Gasteiger partial charge in [0.05, 0.1) is 25.8 Å². The molecule has 1 saturated carbocycles. The van der Waals surface area contributed by atoms with E-state index in [1.165, 1.54) is 6.42 Å². The van der Waals surface area contributed by atoms with Gasteiger partial charge in [-0.1, -0.05) is 31.4 Å². The fraction of sp³-hybridized carbons (Fsp3) is 0.448. The Morgan fingerprint density at radius 2 is 1.78 bits per heavy atom. The maximum absolute atomic E-state index is 14.0. The quantitative estimate of drug-likeness (QED) is 0.512. The van der Waals surface area contributed by atoms with Crippen LogP contribution in [0.4, 0.5) is 0 Å². The molecule has 1 aliphatic heterocycles. The van der Waals surface area contributed by atoms with E-state index in [0.29, 0.717) is 25.4 Å². The van der Waals surface area contributed by atoms with E-state index in [0.717, 1.165) is 53.6 Å². The summed E-state index contributed by atoms with van der Waals surface area (Å²) in [6.45, 7) is 5.15. The van der Waals surface area contributed by atoms with Crippen molar-refractivity contribution in [3.63, 3.8) is 0 Å². The molecule has 0 unspecified atom stereocenters. The van der Waals surface area contributed by atoms with Crippen molar-refractivity contribution in [3.8, 4) is 11.5 Å². The summed E-state index contributed by atoms with van der Waals surface area (Å²) in [6, 6.07) is 15.6. The average molecular weight is 490 g/mol. The van der Waals surface area contributed by atoms with Crippen LogP contribution in [0.1, 0.15) is 62.0 Å². The molecule has 2 heterocycles. The molecule has 2 aliphatic rings. The maximum Gasteiger partial charge on any atom is 0.271 e. The molecule has 0 spiro atoms. The lowest BCUT2D eigenvalue weighted by atomic mass is 9.91. The second-order valence-electron chi connectivity index (χ2n) is 10.1. The monoisotopic (exact) mass is 489 g/mol. The number of amides is 2. The first-order valence-corrected chi connectivity index (χ1v) is 12.9. The number of ether oxygens (including phenoxy) is 2. The molecule has 1 N–H and O–H groups in total. The van der Waals surface area contributed by atoms with Gasteiger partial charge in [-0.05, 0) is 62.6 Å². The molecular formula is C29H35N3O4. The lowest BCUT2D eigenvalue weighted by Gasteiger charge is -2.45. The van der Waals surface area contributed by atoms with Crippen LogP contribution in [-0.4, -0.2) is 46.6 Å². The number of nitrogens with zero attached hydrogens (tertiary/aromatic N) is 2. The fourth-order valence-electron chi connectivity index (χ4n) is 5.53. The fourth-order valence-corrected chi connectivity index (χ4v) is 5.53. The van der Waals surface area contributed by atoms with E-state index in [1.54, 1.807) is 12.0 Å². The number of carbonyl (C=O) groups is 2. The second-order valence-corrected chi connectivity index (χ2v) is 10.1. The number of fused-ring (bicyclic) bond motifs is 3. The van der Waals surface area contributed by atoms with Crippen LogP contribution in [0, 0.1) is 0 Å². The smallest absolute Gasteiger partial charge is 0.271 e. The highest BCUT2D eigenvalue weighted by Crippen LogP contribution is 2.35. The van der Waals surface area contributed by atoms with Gasteiger partial charge in [-0.2, -0.15) is 0 Å². The predicted octanol–water partition coefficient (Wildman–Crippen LogP) is 4.91. The Morgan fingerprint density at radius 1 is 1.06 bits per heavy atom. The lowest BCUT2D eigenvalue weighted by Crippen LogP contribution is -2.64. The Kier molecular flexibility index (Phi) is 6.65. The summed E-state index contributed by atoms with van der Waals surface area (Å²) in [7, 11) is 1.63. The van der Waals surface area contributed by atoms with Crippen molar-refractivity contribution in [2.24, 2.45) is 0 Å². The summed E-state index contributed by atoms with van der Waals surface area (Å²) in [4.78, 5) is 29.6. The van der Waals surface area contributed by atoms with Crippen LogP contribution in [0.5, 0.6) is 11.5 Å². The van der Waals surface area contributed by atoms with Crippen molar-refractivity contribution in [2.75, 3.05) is 13.7 Å². The van der Waals surface area contributed by atoms with Crippen LogP contribution in [0.25, 0.3) is 10.9 Å². The molecule has 0 saturated heterocycles. The number of rotatable bonds is 7. The first-order chi connectivity index (χ1) is 17.4. The minimum atomic E-state index is -1.05. The largest absolute Gasteiger partial charge is 0.497 e. The molecule has 7 nitrogen and oxygen atoms in total. The third-order valence-electron chi connectivity index (χ3n) is 7.64. The van der Waals surface area contributed by atoms with Gasteiger partial charge in [-0.25, -0.2) is 0 Å². The van der Waals surface area contributed by atoms with Gasteiger partial charge in [0, 0.05) is 24.0 Å². The van der Waals surface area contributed by atoms with Crippen molar-refractivity contribution in [1.82, 2.24) is 14.8 Å². The van der Waals surface area contributed by atoms with Gasteiger partial charge in [-0.3, -0.25) is 9.59 Å². The topological polar surface area (TPSA) is 72.8 Å². The SMILES string of the molecule is CCOc1ccc(CN2C(=O)c3cc4ccc(OC)cc4n3C[C@@]2(C)C(=O)NC2CCCCC2)cc1. The van der Waals surface area contributed by atoms with Crippen LogP contribution in [0.3, 0.4) is 0 Å². The molecule has 0 radical (unpaired) electrons. The number of nitrogens with one attached hydrogen (secondary N) is 1. The number of aromatic nitrogens is 1. The summed E-state index contributed by atoms with van der Waals surface area (Å²) < 4.78 is 13.0. The van der Waals surface area contributed by atoms with E-state index in [-0.39, 0.29) is 17.9 Å². The second kappa shape index (κ2) is 9.88. The minimum absolute atomic E-state index is 0.0934. The molecule has 0 bridgehead atoms. The van der Waals surface area contributed by atoms with E-state index in [2.05, 4.69) is 5.32 Å². The van der Waals surface area contributed by atoms with Gasteiger partial charge in [-0.15, -0.1) is 0 Å². The highest BCUT2D eigenvalue weighted by atomic mass is 16.5. The number of hydrogen-bond acceptors (Lipinski definition) is 4. The highest BCUT2D eigenvalue weighted by Gasteiger charge is 2.48. The highest BCUT2D eigenvalue weighted by molar-refractivity contribution is 6.03. The summed E-state index contributed by atoms with van der Waals surface area (Å²) in [6.07, 6.45) is 5.45. The van der Waals surface area contributed by atoms with Crippen LogP contribution in [0.2, 0.25) is 0 Å². The molecule has 1 fully saturated rings. The first-order valence-electron chi connectivity index (χ1n) is 12.9. The zero-order valence-electron chi connectivity index (χ0n) is 21.4. The number of hydrogen-bond donors (Lipinski definition) is 1. The predicted molar refractivity (Wildman–Crippen MR) is 139 cm³/mol. The summed E-state index contributed by atoms with van der Waals surface area (Å²) in [5.74, 6) is 1.27. The Bertz CT molecular complexity index is 1260. The van der Waals surface area contributed by atoms with E-state index in [9.17, 15) is 9.59 Å². The summed E-state index contributed by atoms with van der Waals surface area (Å²) in [5, 5.41) is 4.25. The van der Waals surface area contributed by atoms with Gasteiger partial charge in [0.1, 0.15) is 22.7 Å². The van der Waals surface area contributed by atoms with Gasteiger partial charge < -0.3 is 24.3 Å². The van der Waals surface area contributed by atoms with E-state index < -0.39 is 5.54 Å². The summed E-state index contributed by atoms with van der Waals surface area (Å²) >= 11 is 0. The van der Waals surface area contributed by atoms with E-state index in [1.807, 2.05) is 66.9 Å². The number of benzene rings is 2. The van der Waals surface area contributed by atoms with Crippen LogP contribution >= 0.6 is 0 Å². The zero-order chi connectivity index (χ0) is 25.3. The van der Waals surface area contributed by atoms with E-state index in [4.69, 9.17) is 9.47 Å². The molecule has 36 heavy (non-hydrogen) atoms. The molecule has 2 amide bonds. The van der Waals surface area contributed by atoms with Gasteiger partial charge in [0.15, 0.2) is 0 Å². The molecule has 1 aromatic heterocycles. The summed E-state index contributed by atoms with van der Waals surface area (Å²) in [5.41, 5.74) is 1.40. The van der Waals surface area contributed by atoms with Crippen molar-refractivity contribution in [2.45, 2.75) is 70.6 Å². The normalized spacial score (nSPS) is 20.3. The number of methoxy groups -OCH3 is 1. The van der Waals surface area contributed by atoms with Crippen LogP contribution < -0.4 is 14.8 Å². The molecule has 1 aliphatic carbocycles. The van der Waals surface area contributed by atoms with Crippen LogP contribution in [0.15, 0.2) is 48.5 Å². The zero-order valence-corrected chi connectivity index (χ0v) is 21.4. The van der Waals surface area contributed by atoms with Gasteiger partial charge >= 0.3 is 0 Å². The van der Waals surface area contributed by atoms with Gasteiger partial charge in [0.2, 0.25) is 5.91 Å². The Hall–Kier alpha value is -3.48.